The van der Waals surface area contributed by atoms with Gasteiger partial charge >= 0.3 is 0 Å². The van der Waals surface area contributed by atoms with E-state index in [1.165, 1.54) is 27.6 Å². The van der Waals surface area contributed by atoms with E-state index < -0.39 is 9.84 Å². The normalized spacial score (nSPS) is 25.1. The first-order valence-electron chi connectivity index (χ1n) is 8.61. The summed E-state index contributed by atoms with van der Waals surface area (Å²) in [7, 11) is 1.44. The molecule has 0 spiro atoms. The Bertz CT molecular complexity index is 767. The van der Waals surface area contributed by atoms with E-state index in [-0.39, 0.29) is 23.2 Å². The van der Waals surface area contributed by atoms with Crippen molar-refractivity contribution in [2.45, 2.75) is 43.0 Å². The van der Waals surface area contributed by atoms with Gasteiger partial charge in [-0.3, -0.25) is 4.79 Å². The third-order valence-electron chi connectivity index (χ3n) is 5.44. The number of carbonyl (C=O) groups is 1. The molecule has 144 valence electrons. The van der Waals surface area contributed by atoms with Crippen molar-refractivity contribution in [3.63, 3.8) is 0 Å². The van der Waals surface area contributed by atoms with Crippen molar-refractivity contribution in [1.29, 1.82) is 0 Å². The van der Waals surface area contributed by atoms with Gasteiger partial charge < -0.3 is 19.1 Å². The molecule has 2 fully saturated rings. The Labute approximate surface area is 154 Å². The average Bonchev–Trinajstić information content (AvgIpc) is 2.87. The topological polar surface area (TPSA) is 82.1 Å². The van der Waals surface area contributed by atoms with Gasteiger partial charge in [0.15, 0.2) is 11.5 Å². The summed E-state index contributed by atoms with van der Waals surface area (Å²) in [5, 5.41) is -0.357. The standard InChI is InChI=1S/C18H25NO6S/c1-23-15-7-11(8-16(24-2)17(15)25-3)18(20)19-12-5-6-13(19)10-14(9-12)26(4,21)22/h7-8,12-14H,5-6,9-10H2,1-4H3/t12-,13-/m0/s1. The monoisotopic (exact) mass is 383 g/mol. The van der Waals surface area contributed by atoms with Gasteiger partial charge in [-0.05, 0) is 37.8 Å². The van der Waals surface area contributed by atoms with Gasteiger partial charge in [0.05, 0.1) is 26.6 Å². The average molecular weight is 383 g/mol. The van der Waals surface area contributed by atoms with Gasteiger partial charge in [-0.15, -0.1) is 0 Å². The molecule has 2 atom stereocenters. The van der Waals surface area contributed by atoms with Crippen molar-refractivity contribution in [3.05, 3.63) is 17.7 Å². The molecule has 2 aliphatic heterocycles. The van der Waals surface area contributed by atoms with Crippen LogP contribution in [0.3, 0.4) is 0 Å². The van der Waals surface area contributed by atoms with Crippen LogP contribution >= 0.6 is 0 Å². The molecular formula is C18H25NO6S. The number of methoxy groups -OCH3 is 3. The quantitative estimate of drug-likeness (QED) is 0.772. The zero-order valence-corrected chi connectivity index (χ0v) is 16.3. The highest BCUT2D eigenvalue weighted by molar-refractivity contribution is 7.91. The largest absolute Gasteiger partial charge is 0.493 e. The Morgan fingerprint density at radius 3 is 1.88 bits per heavy atom. The van der Waals surface area contributed by atoms with Crippen LogP contribution in [0.2, 0.25) is 0 Å². The van der Waals surface area contributed by atoms with Crippen LogP contribution in [-0.4, -0.2) is 64.1 Å². The molecule has 2 heterocycles. The number of fused-ring (bicyclic) bond motifs is 2. The van der Waals surface area contributed by atoms with Crippen molar-refractivity contribution in [2.24, 2.45) is 0 Å². The van der Waals surface area contributed by atoms with E-state index >= 15 is 0 Å². The molecule has 0 aliphatic carbocycles. The van der Waals surface area contributed by atoms with Crippen LogP contribution in [0, 0.1) is 0 Å². The molecule has 0 radical (unpaired) electrons. The Hall–Kier alpha value is -1.96. The second-order valence-corrected chi connectivity index (χ2v) is 9.26. The van der Waals surface area contributed by atoms with Crippen LogP contribution in [0.25, 0.3) is 0 Å². The maximum absolute atomic E-state index is 13.2. The number of amides is 1. The molecule has 2 bridgehead atoms. The molecule has 26 heavy (non-hydrogen) atoms. The predicted octanol–water partition coefficient (Wildman–Crippen LogP) is 1.89. The van der Waals surface area contributed by atoms with Crippen molar-refractivity contribution in [1.82, 2.24) is 4.90 Å². The van der Waals surface area contributed by atoms with Gasteiger partial charge in [-0.2, -0.15) is 0 Å². The van der Waals surface area contributed by atoms with Gasteiger partial charge in [0.2, 0.25) is 5.75 Å². The summed E-state index contributed by atoms with van der Waals surface area (Å²) in [6, 6.07) is 3.21. The Kier molecular flexibility index (Phi) is 5.05. The highest BCUT2D eigenvalue weighted by Gasteiger charge is 2.46. The van der Waals surface area contributed by atoms with E-state index in [9.17, 15) is 13.2 Å². The van der Waals surface area contributed by atoms with Gasteiger partial charge in [0.25, 0.3) is 5.91 Å². The zero-order chi connectivity index (χ0) is 19.1. The Balaban J connectivity index is 1.91. The van der Waals surface area contributed by atoms with Crippen LogP contribution in [-0.2, 0) is 9.84 Å². The summed E-state index contributed by atoms with van der Waals surface area (Å²) < 4.78 is 39.8. The van der Waals surface area contributed by atoms with Crippen LogP contribution in [0.15, 0.2) is 12.1 Å². The second kappa shape index (κ2) is 6.98. The number of ether oxygens (including phenoxy) is 3. The molecule has 2 saturated heterocycles. The molecule has 3 rings (SSSR count). The minimum atomic E-state index is -3.09. The first-order chi connectivity index (χ1) is 12.3. The third-order valence-corrected chi connectivity index (χ3v) is 7.04. The number of carbonyl (C=O) groups excluding carboxylic acids is 1. The molecule has 0 aromatic heterocycles. The van der Waals surface area contributed by atoms with E-state index in [0.29, 0.717) is 35.7 Å². The first kappa shape index (κ1) is 18.8. The number of rotatable bonds is 5. The van der Waals surface area contributed by atoms with E-state index in [1.54, 1.807) is 12.1 Å². The van der Waals surface area contributed by atoms with Gasteiger partial charge in [-0.1, -0.05) is 0 Å². The van der Waals surface area contributed by atoms with Crippen molar-refractivity contribution in [2.75, 3.05) is 27.6 Å². The van der Waals surface area contributed by atoms with E-state index in [1.807, 2.05) is 4.90 Å². The molecule has 1 aromatic rings. The number of hydrogen-bond acceptors (Lipinski definition) is 6. The Morgan fingerprint density at radius 2 is 1.50 bits per heavy atom. The summed E-state index contributed by atoms with van der Waals surface area (Å²) in [5.41, 5.74) is 0.453. The van der Waals surface area contributed by atoms with E-state index in [0.717, 1.165) is 12.8 Å². The van der Waals surface area contributed by atoms with Gasteiger partial charge in [0.1, 0.15) is 9.84 Å². The smallest absolute Gasteiger partial charge is 0.254 e. The summed E-state index contributed by atoms with van der Waals surface area (Å²) >= 11 is 0. The molecule has 1 amide bonds. The minimum absolute atomic E-state index is 0.0416. The molecular weight excluding hydrogens is 358 g/mol. The van der Waals surface area contributed by atoms with Gasteiger partial charge in [0, 0.05) is 23.9 Å². The predicted molar refractivity (Wildman–Crippen MR) is 96.9 cm³/mol. The Morgan fingerprint density at radius 1 is 1.00 bits per heavy atom. The molecule has 7 nitrogen and oxygen atoms in total. The highest BCUT2D eigenvalue weighted by Crippen LogP contribution is 2.42. The van der Waals surface area contributed by atoms with Crippen molar-refractivity contribution < 1.29 is 27.4 Å². The maximum atomic E-state index is 13.2. The lowest BCUT2D eigenvalue weighted by molar-refractivity contribution is 0.0597. The lowest BCUT2D eigenvalue weighted by Crippen LogP contribution is -2.49. The summed E-state index contributed by atoms with van der Waals surface area (Å²) in [6.07, 6.45) is 3.98. The lowest BCUT2D eigenvalue weighted by Gasteiger charge is -2.38. The van der Waals surface area contributed by atoms with Crippen LogP contribution < -0.4 is 14.2 Å². The number of nitrogens with zero attached hydrogens (tertiary/aromatic N) is 1. The van der Waals surface area contributed by atoms with E-state index in [2.05, 4.69) is 0 Å². The fraction of sp³-hybridized carbons (Fsp3) is 0.611. The number of sulfone groups is 1. The minimum Gasteiger partial charge on any atom is -0.493 e. The summed E-state index contributed by atoms with van der Waals surface area (Å²) in [4.78, 5) is 15.0. The SMILES string of the molecule is COc1cc(C(=O)N2[C@H]3CC[C@H]2CC(S(C)(=O)=O)C3)cc(OC)c1OC. The number of piperidine rings is 1. The summed E-state index contributed by atoms with van der Waals surface area (Å²) in [5.74, 6) is 1.16. The van der Waals surface area contributed by atoms with Gasteiger partial charge in [-0.25, -0.2) is 8.42 Å². The molecule has 0 N–H and O–H groups in total. The third kappa shape index (κ3) is 3.22. The number of hydrogen-bond donors (Lipinski definition) is 0. The van der Waals surface area contributed by atoms with Crippen LogP contribution in [0.4, 0.5) is 0 Å². The fourth-order valence-electron chi connectivity index (χ4n) is 4.16. The molecule has 0 saturated carbocycles. The maximum Gasteiger partial charge on any atom is 0.254 e. The van der Waals surface area contributed by atoms with E-state index in [4.69, 9.17) is 14.2 Å². The van der Waals surface area contributed by atoms with Crippen LogP contribution in [0.5, 0.6) is 17.2 Å². The highest BCUT2D eigenvalue weighted by atomic mass is 32.2. The lowest BCUT2D eigenvalue weighted by atomic mass is 10.0. The van der Waals surface area contributed by atoms with Crippen LogP contribution in [0.1, 0.15) is 36.0 Å². The summed E-state index contributed by atoms with van der Waals surface area (Å²) in [6.45, 7) is 0. The fourth-order valence-corrected chi connectivity index (χ4v) is 5.31. The van der Waals surface area contributed by atoms with Crippen molar-refractivity contribution >= 4 is 15.7 Å². The van der Waals surface area contributed by atoms with Crippen molar-refractivity contribution in [3.8, 4) is 17.2 Å². The number of benzene rings is 1. The molecule has 1 aromatic carbocycles. The second-order valence-electron chi connectivity index (χ2n) is 6.93. The molecule has 8 heteroatoms. The molecule has 0 unspecified atom stereocenters. The zero-order valence-electron chi connectivity index (χ0n) is 15.5. The first-order valence-corrected chi connectivity index (χ1v) is 10.6. The molecule has 2 aliphatic rings.